The Morgan fingerprint density at radius 1 is 1.03 bits per heavy atom. The average molecular weight is 465 g/mol. The van der Waals surface area contributed by atoms with Gasteiger partial charge in [0.15, 0.2) is 0 Å². The summed E-state index contributed by atoms with van der Waals surface area (Å²) in [5.41, 5.74) is 0.244. The van der Waals surface area contributed by atoms with Crippen molar-refractivity contribution in [1.82, 2.24) is 5.32 Å². The summed E-state index contributed by atoms with van der Waals surface area (Å²) in [5, 5.41) is 3.55. The molecule has 1 saturated carbocycles. The van der Waals surface area contributed by atoms with Crippen LogP contribution in [-0.2, 0) is 14.8 Å². The molecule has 0 aromatic heterocycles. The zero-order valence-corrected chi connectivity index (χ0v) is 19.1. The van der Waals surface area contributed by atoms with Crippen LogP contribution in [-0.4, -0.2) is 38.4 Å². The Morgan fingerprint density at radius 3 is 2.39 bits per heavy atom. The molecular formula is C23H29FN2O3S2. The molecule has 0 atom stereocenters. The van der Waals surface area contributed by atoms with E-state index in [9.17, 15) is 17.6 Å². The van der Waals surface area contributed by atoms with Gasteiger partial charge in [0.1, 0.15) is 12.4 Å². The Morgan fingerprint density at radius 2 is 1.71 bits per heavy atom. The van der Waals surface area contributed by atoms with Crippen molar-refractivity contribution in [2.24, 2.45) is 0 Å². The normalized spacial score (nSPS) is 14.9. The number of rotatable bonds is 10. The molecule has 0 unspecified atom stereocenters. The van der Waals surface area contributed by atoms with Gasteiger partial charge in [-0.15, -0.1) is 0 Å². The minimum Gasteiger partial charge on any atom is -0.354 e. The van der Waals surface area contributed by atoms with Crippen LogP contribution in [0.15, 0.2) is 59.5 Å². The molecule has 3 rings (SSSR count). The maximum absolute atomic E-state index is 13.4. The number of hydrogen-bond donors (Lipinski definition) is 1. The predicted octanol–water partition coefficient (Wildman–Crippen LogP) is 4.59. The molecule has 5 nitrogen and oxygen atoms in total. The highest BCUT2D eigenvalue weighted by atomic mass is 32.2. The van der Waals surface area contributed by atoms with Crippen LogP contribution in [0.2, 0.25) is 0 Å². The lowest BCUT2D eigenvalue weighted by Crippen LogP contribution is -2.41. The number of amides is 1. The number of sulfonamides is 1. The maximum Gasteiger partial charge on any atom is 0.264 e. The average Bonchev–Trinajstić information content (AvgIpc) is 2.79. The summed E-state index contributed by atoms with van der Waals surface area (Å²) < 4.78 is 40.7. The van der Waals surface area contributed by atoms with Crippen molar-refractivity contribution in [2.75, 3.05) is 23.1 Å². The number of thioether (sulfide) groups is 1. The third-order valence-corrected chi connectivity index (χ3v) is 8.54. The van der Waals surface area contributed by atoms with Gasteiger partial charge in [0.2, 0.25) is 5.91 Å². The van der Waals surface area contributed by atoms with Crippen molar-refractivity contribution in [3.63, 3.8) is 0 Å². The minimum atomic E-state index is -3.97. The van der Waals surface area contributed by atoms with Gasteiger partial charge in [0.25, 0.3) is 10.0 Å². The number of hydrogen-bond acceptors (Lipinski definition) is 4. The van der Waals surface area contributed by atoms with Crippen molar-refractivity contribution in [2.45, 2.75) is 48.7 Å². The van der Waals surface area contributed by atoms with Gasteiger partial charge in [-0.1, -0.05) is 37.5 Å². The van der Waals surface area contributed by atoms with Gasteiger partial charge < -0.3 is 5.32 Å². The Hall–Kier alpha value is -2.06. The lowest BCUT2D eigenvalue weighted by atomic mass is 10.0. The number of halogens is 1. The number of nitrogens with one attached hydrogen (secondary N) is 1. The Labute approximate surface area is 188 Å². The number of nitrogens with zero attached hydrogens (tertiary/aromatic N) is 1. The topological polar surface area (TPSA) is 66.5 Å². The highest BCUT2D eigenvalue weighted by Crippen LogP contribution is 2.28. The second-order valence-corrected chi connectivity index (χ2v) is 10.9. The first-order valence-electron chi connectivity index (χ1n) is 10.7. The molecule has 1 aliphatic rings. The summed E-state index contributed by atoms with van der Waals surface area (Å²) in [6.45, 7) is 0.139. The number of carbonyl (C=O) groups is 1. The molecule has 0 saturated heterocycles. The van der Waals surface area contributed by atoms with E-state index < -0.39 is 15.8 Å². The van der Waals surface area contributed by atoms with E-state index in [1.54, 1.807) is 18.2 Å². The first-order chi connectivity index (χ1) is 15.0. The molecule has 1 fully saturated rings. The van der Waals surface area contributed by atoms with Crippen LogP contribution in [0.3, 0.4) is 0 Å². The van der Waals surface area contributed by atoms with E-state index in [0.717, 1.165) is 21.7 Å². The molecule has 0 aliphatic heterocycles. The first-order valence-corrected chi connectivity index (χ1v) is 13.2. The van der Waals surface area contributed by atoms with Gasteiger partial charge >= 0.3 is 0 Å². The van der Waals surface area contributed by atoms with Crippen molar-refractivity contribution in [3.05, 3.63) is 60.4 Å². The molecule has 2 aromatic carbocycles. The molecule has 2 aromatic rings. The van der Waals surface area contributed by atoms with Gasteiger partial charge in [-0.3, -0.25) is 9.10 Å². The third kappa shape index (κ3) is 6.97. The summed E-state index contributed by atoms with van der Waals surface area (Å²) in [5.74, 6) is 0.127. The van der Waals surface area contributed by atoms with E-state index in [-0.39, 0.29) is 23.0 Å². The summed E-state index contributed by atoms with van der Waals surface area (Å²) >= 11 is 1.97. The van der Waals surface area contributed by atoms with Crippen LogP contribution in [0, 0.1) is 5.82 Å². The molecule has 168 valence electrons. The van der Waals surface area contributed by atoms with Gasteiger partial charge in [0, 0.05) is 11.8 Å². The van der Waals surface area contributed by atoms with Gasteiger partial charge in [0.05, 0.1) is 10.6 Å². The largest absolute Gasteiger partial charge is 0.354 e. The molecule has 31 heavy (non-hydrogen) atoms. The molecule has 0 heterocycles. The van der Waals surface area contributed by atoms with E-state index in [1.165, 1.54) is 68.5 Å². The van der Waals surface area contributed by atoms with E-state index in [2.05, 4.69) is 5.32 Å². The quantitative estimate of drug-likeness (QED) is 0.522. The Balaban J connectivity index is 1.59. The maximum atomic E-state index is 13.4. The number of anilines is 1. The second-order valence-electron chi connectivity index (χ2n) is 7.64. The fourth-order valence-electron chi connectivity index (χ4n) is 3.61. The summed E-state index contributed by atoms with van der Waals surface area (Å²) in [6.07, 6.45) is 7.35. The van der Waals surface area contributed by atoms with Crippen LogP contribution >= 0.6 is 11.8 Å². The lowest BCUT2D eigenvalue weighted by Gasteiger charge is -2.24. The molecule has 1 amide bonds. The van der Waals surface area contributed by atoms with Crippen molar-refractivity contribution < 1.29 is 17.6 Å². The second kappa shape index (κ2) is 11.5. The monoisotopic (exact) mass is 464 g/mol. The van der Waals surface area contributed by atoms with Gasteiger partial charge in [-0.25, -0.2) is 12.8 Å². The van der Waals surface area contributed by atoms with Crippen molar-refractivity contribution >= 4 is 33.4 Å². The Kier molecular flexibility index (Phi) is 8.78. The van der Waals surface area contributed by atoms with Gasteiger partial charge in [-0.05, 0) is 61.4 Å². The van der Waals surface area contributed by atoms with Crippen LogP contribution in [0.1, 0.15) is 38.5 Å². The molecule has 0 radical (unpaired) electrons. The Bertz CT molecular complexity index is 931. The molecule has 8 heteroatoms. The molecule has 0 spiro atoms. The fourth-order valence-corrected chi connectivity index (χ4v) is 6.36. The molecule has 1 N–H and O–H groups in total. The van der Waals surface area contributed by atoms with Crippen LogP contribution in [0.25, 0.3) is 0 Å². The first kappa shape index (κ1) is 23.6. The zero-order valence-electron chi connectivity index (χ0n) is 17.5. The highest BCUT2D eigenvalue weighted by Gasteiger charge is 2.27. The fraction of sp³-hybridized carbons (Fsp3) is 0.435. The molecule has 0 bridgehead atoms. The summed E-state index contributed by atoms with van der Waals surface area (Å²) in [6, 6.07) is 13.0. The van der Waals surface area contributed by atoms with E-state index in [0.29, 0.717) is 6.54 Å². The lowest BCUT2D eigenvalue weighted by molar-refractivity contribution is -0.119. The summed E-state index contributed by atoms with van der Waals surface area (Å²) in [4.78, 5) is 12.6. The van der Waals surface area contributed by atoms with Crippen molar-refractivity contribution in [3.8, 4) is 0 Å². The zero-order chi connectivity index (χ0) is 22.1. The standard InChI is InChI=1S/C23H29FN2O3S2/c24-19-12-14-20(15-13-19)26(31(28,29)22-10-5-2-6-11-22)18-23(27)25-16-7-17-30-21-8-3-1-4-9-21/h2,5-6,10-15,21H,1,3-4,7-9,16-18H2,(H,25,27). The molecule has 1 aliphatic carbocycles. The predicted molar refractivity (Wildman–Crippen MR) is 124 cm³/mol. The third-order valence-electron chi connectivity index (χ3n) is 5.28. The number of benzene rings is 2. The SMILES string of the molecule is O=C(CN(c1ccc(F)cc1)S(=O)(=O)c1ccccc1)NCCCSC1CCCCC1. The molecular weight excluding hydrogens is 435 g/mol. The smallest absolute Gasteiger partial charge is 0.264 e. The van der Waals surface area contributed by atoms with E-state index >= 15 is 0 Å². The van der Waals surface area contributed by atoms with Crippen LogP contribution < -0.4 is 9.62 Å². The number of carbonyl (C=O) groups excluding carboxylic acids is 1. The van der Waals surface area contributed by atoms with Crippen LogP contribution in [0.5, 0.6) is 0 Å². The summed E-state index contributed by atoms with van der Waals surface area (Å²) in [7, 11) is -3.97. The van der Waals surface area contributed by atoms with Gasteiger partial charge in [-0.2, -0.15) is 11.8 Å². The van der Waals surface area contributed by atoms with Crippen LogP contribution in [0.4, 0.5) is 10.1 Å². The highest BCUT2D eigenvalue weighted by molar-refractivity contribution is 7.99. The van der Waals surface area contributed by atoms with E-state index in [4.69, 9.17) is 0 Å². The van der Waals surface area contributed by atoms with Crippen molar-refractivity contribution in [1.29, 1.82) is 0 Å². The van der Waals surface area contributed by atoms with E-state index in [1.807, 2.05) is 11.8 Å². The minimum absolute atomic E-state index is 0.0796.